The molecule has 2 N–H and O–H groups in total. The van der Waals surface area contributed by atoms with Gasteiger partial charge in [0.05, 0.1) is 12.3 Å². The topological polar surface area (TPSA) is 95.9 Å². The quantitative estimate of drug-likeness (QED) is 0.610. The van der Waals surface area contributed by atoms with Crippen LogP contribution in [0, 0.1) is 5.92 Å². The molecule has 4 rings (SSSR count). The summed E-state index contributed by atoms with van der Waals surface area (Å²) in [5.74, 6) is -2.24. The van der Waals surface area contributed by atoms with Crippen LogP contribution in [0.15, 0.2) is 48.5 Å². The first kappa shape index (κ1) is 24.6. The number of amides is 2. The van der Waals surface area contributed by atoms with Gasteiger partial charge >= 0.3 is 12.1 Å². The van der Waals surface area contributed by atoms with Crippen molar-refractivity contribution < 1.29 is 33.0 Å². The zero-order valence-electron chi connectivity index (χ0n) is 19.3. The Bertz CT molecular complexity index is 1060. The highest BCUT2D eigenvalue weighted by Gasteiger charge is 2.35. The van der Waals surface area contributed by atoms with Crippen LogP contribution >= 0.6 is 0 Å². The third-order valence-corrected chi connectivity index (χ3v) is 6.89. The predicted molar refractivity (Wildman–Crippen MR) is 124 cm³/mol. The van der Waals surface area contributed by atoms with Gasteiger partial charge in [-0.15, -0.1) is 0 Å². The molecule has 1 fully saturated rings. The van der Waals surface area contributed by atoms with Crippen LogP contribution in [0.3, 0.4) is 0 Å². The van der Waals surface area contributed by atoms with Crippen molar-refractivity contribution in [1.82, 2.24) is 10.2 Å². The largest absolute Gasteiger partial charge is 0.481 e. The molecule has 1 unspecified atom stereocenters. The van der Waals surface area contributed by atoms with E-state index in [-0.39, 0.29) is 38.0 Å². The number of alkyl halides is 2. The Morgan fingerprint density at radius 1 is 1.09 bits per heavy atom. The van der Waals surface area contributed by atoms with Crippen molar-refractivity contribution in [1.29, 1.82) is 0 Å². The lowest BCUT2D eigenvalue weighted by Crippen LogP contribution is -2.49. The lowest BCUT2D eigenvalue weighted by molar-refractivity contribution is -0.147. The van der Waals surface area contributed by atoms with Crippen LogP contribution in [-0.2, 0) is 14.3 Å². The van der Waals surface area contributed by atoms with Crippen LogP contribution < -0.4 is 5.32 Å². The molecule has 0 aromatic heterocycles. The van der Waals surface area contributed by atoms with Crippen molar-refractivity contribution in [3.05, 3.63) is 59.7 Å². The first-order valence-corrected chi connectivity index (χ1v) is 11.7. The van der Waals surface area contributed by atoms with Crippen molar-refractivity contribution in [2.45, 2.75) is 50.6 Å². The summed E-state index contributed by atoms with van der Waals surface area (Å²) in [5, 5.41) is 11.3. The summed E-state index contributed by atoms with van der Waals surface area (Å²) >= 11 is 0. The van der Waals surface area contributed by atoms with Gasteiger partial charge in [-0.1, -0.05) is 48.5 Å². The fourth-order valence-electron chi connectivity index (χ4n) is 5.07. The van der Waals surface area contributed by atoms with Crippen molar-refractivity contribution in [3.63, 3.8) is 0 Å². The number of alkyl carbamates (subject to hydrolysis) is 1. The number of nitrogens with zero attached hydrogens (tertiary/aromatic N) is 1. The number of piperidine rings is 1. The minimum atomic E-state index is -2.97. The molecule has 1 aliphatic carbocycles. The van der Waals surface area contributed by atoms with E-state index < -0.39 is 42.8 Å². The Hall–Kier alpha value is -3.49. The number of carboxylic acids is 1. The van der Waals surface area contributed by atoms with Gasteiger partial charge in [0.1, 0.15) is 12.6 Å². The molecular formula is C26H28F2N2O5. The van der Waals surface area contributed by atoms with E-state index in [1.54, 1.807) is 6.92 Å². The smallest absolute Gasteiger partial charge is 0.407 e. The van der Waals surface area contributed by atoms with Gasteiger partial charge in [0.25, 0.3) is 6.43 Å². The molecule has 35 heavy (non-hydrogen) atoms. The van der Waals surface area contributed by atoms with Gasteiger partial charge in [0.15, 0.2) is 0 Å². The minimum Gasteiger partial charge on any atom is -0.481 e. The molecule has 0 bridgehead atoms. The van der Waals surface area contributed by atoms with E-state index in [1.807, 2.05) is 48.5 Å². The Labute approximate surface area is 202 Å². The maximum atomic E-state index is 13.7. The van der Waals surface area contributed by atoms with Crippen LogP contribution in [0.2, 0.25) is 0 Å². The molecule has 0 saturated carbocycles. The Kier molecular flexibility index (Phi) is 7.33. The van der Waals surface area contributed by atoms with E-state index in [4.69, 9.17) is 4.74 Å². The number of halogens is 2. The molecule has 2 aromatic carbocycles. The molecule has 2 aromatic rings. The standard InChI is InChI=1S/C26H28F2N2O5/c1-15-12-16(25(32)33)10-11-30(15)23(31)13-22(24(27)28)29-26(34)35-14-21-19-8-4-2-6-17(19)18-7-3-5-9-20(18)21/h2-9,15-16,21-22,24H,10-14H2,1H3,(H,29,34)(H,32,33)/t15-,16-,22?/m1/s1. The van der Waals surface area contributed by atoms with E-state index in [1.165, 1.54) is 4.90 Å². The molecule has 2 aliphatic rings. The third kappa shape index (κ3) is 5.28. The Morgan fingerprint density at radius 2 is 1.69 bits per heavy atom. The Balaban J connectivity index is 1.35. The van der Waals surface area contributed by atoms with Gasteiger partial charge in [0.2, 0.25) is 5.91 Å². The number of hydrogen-bond donors (Lipinski definition) is 2. The number of ether oxygens (including phenoxy) is 1. The number of fused-ring (bicyclic) bond motifs is 3. The first-order valence-electron chi connectivity index (χ1n) is 11.7. The Morgan fingerprint density at radius 3 is 2.23 bits per heavy atom. The van der Waals surface area contributed by atoms with Crippen LogP contribution in [0.5, 0.6) is 0 Å². The summed E-state index contributed by atoms with van der Waals surface area (Å²) in [7, 11) is 0. The summed E-state index contributed by atoms with van der Waals surface area (Å²) in [5.41, 5.74) is 4.10. The zero-order chi connectivity index (χ0) is 25.1. The number of nitrogens with one attached hydrogen (secondary N) is 1. The lowest BCUT2D eigenvalue weighted by atomic mass is 9.91. The van der Waals surface area contributed by atoms with E-state index in [0.29, 0.717) is 0 Å². The second-order valence-electron chi connectivity index (χ2n) is 9.11. The number of carbonyl (C=O) groups excluding carboxylic acids is 2. The predicted octanol–water partition coefficient (Wildman–Crippen LogP) is 4.26. The van der Waals surface area contributed by atoms with Crippen molar-refractivity contribution in [2.75, 3.05) is 13.2 Å². The fourth-order valence-corrected chi connectivity index (χ4v) is 5.07. The van der Waals surface area contributed by atoms with Gasteiger partial charge in [-0.05, 0) is 42.0 Å². The third-order valence-electron chi connectivity index (χ3n) is 6.89. The van der Waals surface area contributed by atoms with Crippen LogP contribution in [-0.4, -0.2) is 59.6 Å². The van der Waals surface area contributed by atoms with Crippen LogP contribution in [0.25, 0.3) is 11.1 Å². The number of rotatable bonds is 7. The summed E-state index contributed by atoms with van der Waals surface area (Å²) in [6, 6.07) is 13.5. The lowest BCUT2D eigenvalue weighted by Gasteiger charge is -2.37. The first-order chi connectivity index (χ1) is 16.8. The molecule has 1 heterocycles. The fraction of sp³-hybridized carbons (Fsp3) is 0.423. The molecule has 7 nitrogen and oxygen atoms in total. The molecule has 2 amide bonds. The van der Waals surface area contributed by atoms with Crippen molar-refractivity contribution >= 4 is 18.0 Å². The van der Waals surface area contributed by atoms with Gasteiger partial charge in [-0.2, -0.15) is 0 Å². The monoisotopic (exact) mass is 486 g/mol. The highest BCUT2D eigenvalue weighted by molar-refractivity contribution is 5.80. The average molecular weight is 487 g/mol. The summed E-state index contributed by atoms with van der Waals surface area (Å²) < 4.78 is 32.7. The molecule has 3 atom stereocenters. The number of hydrogen-bond acceptors (Lipinski definition) is 4. The average Bonchev–Trinajstić information content (AvgIpc) is 3.15. The van der Waals surface area contributed by atoms with E-state index in [0.717, 1.165) is 22.3 Å². The van der Waals surface area contributed by atoms with Crippen LogP contribution in [0.1, 0.15) is 43.2 Å². The molecular weight excluding hydrogens is 458 g/mol. The van der Waals surface area contributed by atoms with Crippen LogP contribution in [0.4, 0.5) is 13.6 Å². The second-order valence-corrected chi connectivity index (χ2v) is 9.11. The number of aliphatic carboxylic acids is 1. The zero-order valence-corrected chi connectivity index (χ0v) is 19.3. The summed E-state index contributed by atoms with van der Waals surface area (Å²) in [6.45, 7) is 1.85. The van der Waals surface area contributed by atoms with Gasteiger partial charge < -0.3 is 20.1 Å². The van der Waals surface area contributed by atoms with E-state index >= 15 is 0 Å². The summed E-state index contributed by atoms with van der Waals surface area (Å²) in [6.07, 6.45) is -4.04. The SMILES string of the molecule is C[C@@H]1C[C@H](C(=O)O)CCN1C(=O)CC(NC(=O)OCC1c2ccccc2-c2ccccc21)C(F)F. The highest BCUT2D eigenvalue weighted by Crippen LogP contribution is 2.44. The maximum absolute atomic E-state index is 13.7. The number of benzene rings is 2. The van der Waals surface area contributed by atoms with Gasteiger partial charge in [-0.3, -0.25) is 9.59 Å². The van der Waals surface area contributed by atoms with E-state index in [2.05, 4.69) is 5.32 Å². The molecule has 186 valence electrons. The molecule has 1 saturated heterocycles. The normalized spacial score (nSPS) is 20.2. The highest BCUT2D eigenvalue weighted by atomic mass is 19.3. The van der Waals surface area contributed by atoms with Gasteiger partial charge in [0, 0.05) is 18.5 Å². The molecule has 9 heteroatoms. The second kappa shape index (κ2) is 10.4. The number of likely N-dealkylation sites (tertiary alicyclic amines) is 1. The van der Waals surface area contributed by atoms with Crippen molar-refractivity contribution in [3.8, 4) is 11.1 Å². The molecule has 0 spiro atoms. The summed E-state index contributed by atoms with van der Waals surface area (Å²) in [4.78, 5) is 37.7. The van der Waals surface area contributed by atoms with Crippen molar-refractivity contribution in [2.24, 2.45) is 5.92 Å². The minimum absolute atomic E-state index is 0.0243. The van der Waals surface area contributed by atoms with Gasteiger partial charge in [-0.25, -0.2) is 13.6 Å². The van der Waals surface area contributed by atoms with E-state index in [9.17, 15) is 28.3 Å². The molecule has 0 radical (unpaired) electrons. The maximum Gasteiger partial charge on any atom is 0.407 e. The molecule has 1 aliphatic heterocycles. The number of carbonyl (C=O) groups is 3. The number of carboxylic acid groups (broad SMARTS) is 1.